The number of rotatable bonds is 5. The summed E-state index contributed by atoms with van der Waals surface area (Å²) in [6.07, 6.45) is 0. The van der Waals surface area contributed by atoms with Crippen molar-refractivity contribution in [1.82, 2.24) is 0 Å². The predicted octanol–water partition coefficient (Wildman–Crippen LogP) is 3.21. The van der Waals surface area contributed by atoms with Crippen molar-refractivity contribution in [2.24, 2.45) is 21.8 Å². The Labute approximate surface area is 146 Å². The average Bonchev–Trinajstić information content (AvgIpc) is 2.48. The Morgan fingerprint density at radius 3 is 1.65 bits per heavy atom. The summed E-state index contributed by atoms with van der Waals surface area (Å²) in [6.45, 7) is 0. The fourth-order valence-electron chi connectivity index (χ4n) is 1.57. The van der Waals surface area contributed by atoms with E-state index in [0.717, 1.165) is 5.69 Å². The van der Waals surface area contributed by atoms with Gasteiger partial charge in [-0.1, -0.05) is 5.22 Å². The third kappa shape index (κ3) is 5.93. The Morgan fingerprint density at radius 1 is 0.783 bits per heavy atom. The van der Waals surface area contributed by atoms with Crippen LogP contribution in [0.15, 0.2) is 58.9 Å². The van der Waals surface area contributed by atoms with Gasteiger partial charge in [-0.15, -0.1) is 29.9 Å². The van der Waals surface area contributed by atoms with Crippen molar-refractivity contribution in [1.29, 1.82) is 10.8 Å². The first-order valence-electron chi connectivity index (χ1n) is 6.12. The molecule has 2 aromatic rings. The van der Waals surface area contributed by atoms with Gasteiger partial charge < -0.3 is 11.5 Å². The lowest BCUT2D eigenvalue weighted by Gasteiger charge is -2.01. The van der Waals surface area contributed by atoms with E-state index in [9.17, 15) is 0 Å². The molecule has 2 aromatic carbocycles. The van der Waals surface area contributed by atoms with E-state index in [2.05, 4.69) is 15.8 Å². The van der Waals surface area contributed by atoms with E-state index in [0.29, 0.717) is 16.8 Å². The van der Waals surface area contributed by atoms with Gasteiger partial charge in [0.05, 0.1) is 11.4 Å². The van der Waals surface area contributed by atoms with Crippen LogP contribution in [0.25, 0.3) is 0 Å². The number of hydrogen-bond donors (Lipinski definition) is 5. The molecule has 2 rings (SSSR count). The highest BCUT2D eigenvalue weighted by molar-refractivity contribution is 5.95. The van der Waals surface area contributed by atoms with Crippen LogP contribution >= 0.6 is 24.8 Å². The van der Waals surface area contributed by atoms with Crippen LogP contribution in [0.1, 0.15) is 11.1 Å². The van der Waals surface area contributed by atoms with Crippen molar-refractivity contribution >= 4 is 47.9 Å². The summed E-state index contributed by atoms with van der Waals surface area (Å²) in [7, 11) is 0. The molecule has 0 aliphatic heterocycles. The zero-order chi connectivity index (χ0) is 15.2. The molecule has 0 radical (unpaired) electrons. The van der Waals surface area contributed by atoms with Crippen molar-refractivity contribution in [3.8, 4) is 0 Å². The number of amidine groups is 2. The number of nitrogens with zero attached hydrogens (tertiary/aromatic N) is 2. The molecule has 0 bridgehead atoms. The Kier molecular flexibility index (Phi) is 8.31. The summed E-state index contributed by atoms with van der Waals surface area (Å²) in [5, 5.41) is 22.4. The van der Waals surface area contributed by atoms with E-state index in [4.69, 9.17) is 22.3 Å². The van der Waals surface area contributed by atoms with Crippen molar-refractivity contribution < 1.29 is 0 Å². The highest BCUT2D eigenvalue weighted by atomic mass is 35.5. The van der Waals surface area contributed by atoms with Gasteiger partial charge >= 0.3 is 0 Å². The maximum absolute atomic E-state index is 7.30. The number of halogens is 2. The summed E-state index contributed by atoms with van der Waals surface area (Å²) in [5.41, 5.74) is 16.2. The molecule has 0 aromatic heterocycles. The highest BCUT2D eigenvalue weighted by Gasteiger charge is 1.97. The van der Waals surface area contributed by atoms with E-state index < -0.39 is 0 Å². The van der Waals surface area contributed by atoms with Gasteiger partial charge in [-0.2, -0.15) is 0 Å². The molecule has 122 valence electrons. The Morgan fingerprint density at radius 2 is 1.22 bits per heavy atom. The van der Waals surface area contributed by atoms with Crippen LogP contribution in [-0.4, -0.2) is 11.7 Å². The van der Waals surface area contributed by atoms with Crippen LogP contribution in [0.5, 0.6) is 0 Å². The van der Waals surface area contributed by atoms with Crippen molar-refractivity contribution in [3.63, 3.8) is 0 Å². The minimum absolute atomic E-state index is 0. The van der Waals surface area contributed by atoms with Crippen LogP contribution in [-0.2, 0) is 0 Å². The molecule has 0 aliphatic rings. The molecule has 0 heterocycles. The van der Waals surface area contributed by atoms with Crippen molar-refractivity contribution in [2.75, 3.05) is 5.43 Å². The molecule has 23 heavy (non-hydrogen) atoms. The summed E-state index contributed by atoms with van der Waals surface area (Å²) in [4.78, 5) is 0. The van der Waals surface area contributed by atoms with Gasteiger partial charge in [-0.25, -0.2) is 0 Å². The maximum Gasteiger partial charge on any atom is 0.122 e. The molecule has 0 saturated carbocycles. The zero-order valence-electron chi connectivity index (χ0n) is 12.0. The topological polar surface area (TPSA) is 136 Å². The minimum atomic E-state index is 0. The molecule has 0 aliphatic carbocycles. The number of anilines is 1. The molecule has 0 spiro atoms. The second-order valence-electron chi connectivity index (χ2n) is 4.26. The first-order valence-corrected chi connectivity index (χ1v) is 6.12. The number of benzene rings is 2. The molecule has 0 unspecified atom stereocenters. The van der Waals surface area contributed by atoms with Gasteiger partial charge in [0.25, 0.3) is 0 Å². The molecule has 7 nitrogen and oxygen atoms in total. The third-order valence-electron chi connectivity index (χ3n) is 2.72. The van der Waals surface area contributed by atoms with Crippen LogP contribution in [0.4, 0.5) is 11.4 Å². The summed E-state index contributed by atoms with van der Waals surface area (Å²) in [5.74, 6) is 0.0379. The first kappa shape index (κ1) is 20.4. The second-order valence-corrected chi connectivity index (χ2v) is 4.26. The summed E-state index contributed by atoms with van der Waals surface area (Å²) < 4.78 is 0. The number of nitrogen functional groups attached to an aromatic ring is 2. The molecule has 0 saturated heterocycles. The van der Waals surface area contributed by atoms with Crippen LogP contribution in [0.3, 0.4) is 0 Å². The van der Waals surface area contributed by atoms with Crippen LogP contribution < -0.4 is 16.9 Å². The fourth-order valence-corrected chi connectivity index (χ4v) is 1.57. The smallest absolute Gasteiger partial charge is 0.122 e. The van der Waals surface area contributed by atoms with Gasteiger partial charge in [0.1, 0.15) is 11.7 Å². The third-order valence-corrected chi connectivity index (χ3v) is 2.72. The first-order chi connectivity index (χ1) is 10.1. The molecule has 0 amide bonds. The number of hydrogen-bond acceptors (Lipinski definition) is 4. The largest absolute Gasteiger partial charge is 0.384 e. The van der Waals surface area contributed by atoms with Crippen LogP contribution in [0, 0.1) is 10.8 Å². The fraction of sp³-hybridized carbons (Fsp3) is 0. The molecule has 0 fully saturated rings. The molecule has 0 atom stereocenters. The van der Waals surface area contributed by atoms with Gasteiger partial charge in [0.2, 0.25) is 0 Å². The normalized spacial score (nSPS) is 9.57. The summed E-state index contributed by atoms with van der Waals surface area (Å²) in [6, 6.07) is 13.8. The Bertz CT molecular complexity index is 681. The van der Waals surface area contributed by atoms with E-state index in [1.54, 1.807) is 48.5 Å². The van der Waals surface area contributed by atoms with Gasteiger partial charge in [-0.3, -0.25) is 16.2 Å². The molecular weight excluding hydrogens is 337 g/mol. The molecule has 9 heteroatoms. The molecule has 7 N–H and O–H groups in total. The Hall–Kier alpha value is -2.64. The van der Waals surface area contributed by atoms with E-state index >= 15 is 0 Å². The predicted molar refractivity (Wildman–Crippen MR) is 97.6 cm³/mol. The van der Waals surface area contributed by atoms with Gasteiger partial charge in [-0.05, 0) is 48.5 Å². The minimum Gasteiger partial charge on any atom is -0.384 e. The van der Waals surface area contributed by atoms with Crippen molar-refractivity contribution in [2.45, 2.75) is 0 Å². The lowest BCUT2D eigenvalue weighted by atomic mass is 10.2. The zero-order valence-corrected chi connectivity index (χ0v) is 13.6. The lowest BCUT2D eigenvalue weighted by Crippen LogP contribution is -2.10. The Balaban J connectivity index is 0.00000242. The van der Waals surface area contributed by atoms with E-state index in [1.807, 2.05) is 0 Å². The number of nitrogens with two attached hydrogens (primary N) is 2. The maximum atomic E-state index is 7.30. The number of nitrogens with one attached hydrogen (secondary N) is 3. The molecular formula is C14H17Cl2N7. The summed E-state index contributed by atoms with van der Waals surface area (Å²) >= 11 is 0. The van der Waals surface area contributed by atoms with E-state index in [1.165, 1.54) is 0 Å². The second kappa shape index (κ2) is 9.39. The standard InChI is InChI=1S/C14H15N7.2ClH/c15-13(16)9-1-5-11(6-2-9)19-21-20-12-7-3-10(4-8-12)14(17)18;;/h1-8H,(H3,15,16)(H3,17,18)(H,19,20);2*1H. The van der Waals surface area contributed by atoms with Gasteiger partial charge in [0, 0.05) is 11.1 Å². The van der Waals surface area contributed by atoms with Gasteiger partial charge in [0.15, 0.2) is 0 Å². The van der Waals surface area contributed by atoms with E-state index in [-0.39, 0.29) is 36.5 Å². The van der Waals surface area contributed by atoms with Crippen molar-refractivity contribution in [3.05, 3.63) is 59.7 Å². The lowest BCUT2D eigenvalue weighted by molar-refractivity contribution is 1.13. The quantitative estimate of drug-likeness (QED) is 0.244. The SMILES string of the molecule is Cl.Cl.N=C(N)c1ccc(N=NNc2ccc(C(=N)N)cc2)cc1. The highest BCUT2D eigenvalue weighted by Crippen LogP contribution is 2.14. The monoisotopic (exact) mass is 353 g/mol. The van der Waals surface area contributed by atoms with Crippen LogP contribution in [0.2, 0.25) is 0 Å². The average molecular weight is 354 g/mol.